The lowest BCUT2D eigenvalue weighted by Gasteiger charge is -2.40. The Labute approximate surface area is 82.2 Å². The largest absolute Gasteiger partial charge is 0.336 e. The van der Waals surface area contributed by atoms with Crippen LogP contribution in [0.1, 0.15) is 24.3 Å². The highest BCUT2D eigenvalue weighted by Crippen LogP contribution is 2.36. The summed E-state index contributed by atoms with van der Waals surface area (Å²) in [4.78, 5) is 14.1. The van der Waals surface area contributed by atoms with Crippen LogP contribution in [0.4, 0.5) is 0 Å². The number of carbonyl (C=O) groups is 1. The molecule has 0 radical (unpaired) electrons. The van der Waals surface area contributed by atoms with Crippen molar-refractivity contribution in [3.05, 3.63) is 21.9 Å². The Morgan fingerprint density at radius 1 is 1.62 bits per heavy atom. The molecule has 0 fully saturated rings. The van der Waals surface area contributed by atoms with E-state index >= 15 is 0 Å². The Bertz CT molecular complexity index is 329. The highest BCUT2D eigenvalue weighted by Gasteiger charge is 2.33. The van der Waals surface area contributed by atoms with Gasteiger partial charge in [-0.05, 0) is 37.3 Å². The topological polar surface area (TPSA) is 20.3 Å². The molecule has 1 aromatic rings. The maximum absolute atomic E-state index is 10.8. The molecule has 1 amide bonds. The highest BCUT2D eigenvalue weighted by atomic mass is 32.1. The summed E-state index contributed by atoms with van der Waals surface area (Å²) in [6, 6.07) is 2.13. The Hall–Kier alpha value is -0.830. The fourth-order valence-corrected chi connectivity index (χ4v) is 2.94. The summed E-state index contributed by atoms with van der Waals surface area (Å²) >= 11 is 1.80. The first kappa shape index (κ1) is 8.75. The Morgan fingerprint density at radius 3 is 3.08 bits per heavy atom. The SMILES string of the molecule is CC1(C)c2ccsc2CCN1C=O. The second-order valence-electron chi connectivity index (χ2n) is 3.87. The third-order valence-electron chi connectivity index (χ3n) is 2.83. The van der Waals surface area contributed by atoms with E-state index < -0.39 is 0 Å². The smallest absolute Gasteiger partial charge is 0.210 e. The predicted molar refractivity (Wildman–Crippen MR) is 53.8 cm³/mol. The van der Waals surface area contributed by atoms with Crippen molar-refractivity contribution in [3.63, 3.8) is 0 Å². The van der Waals surface area contributed by atoms with Gasteiger partial charge in [0.05, 0.1) is 5.54 Å². The maximum Gasteiger partial charge on any atom is 0.210 e. The molecule has 0 N–H and O–H groups in total. The van der Waals surface area contributed by atoms with Crippen LogP contribution in [0.25, 0.3) is 0 Å². The lowest BCUT2D eigenvalue weighted by atomic mass is 9.89. The molecule has 1 aromatic heterocycles. The van der Waals surface area contributed by atoms with Gasteiger partial charge < -0.3 is 4.90 Å². The monoisotopic (exact) mass is 195 g/mol. The quantitative estimate of drug-likeness (QED) is 0.628. The lowest BCUT2D eigenvalue weighted by Crippen LogP contribution is -2.45. The Balaban J connectivity index is 2.47. The summed E-state index contributed by atoms with van der Waals surface area (Å²) in [6.45, 7) is 5.06. The van der Waals surface area contributed by atoms with E-state index in [1.165, 1.54) is 10.4 Å². The van der Waals surface area contributed by atoms with Crippen molar-refractivity contribution in [2.75, 3.05) is 6.54 Å². The van der Waals surface area contributed by atoms with Gasteiger partial charge in [-0.3, -0.25) is 4.79 Å². The number of carbonyl (C=O) groups excluding carboxylic acids is 1. The molecule has 0 unspecified atom stereocenters. The van der Waals surface area contributed by atoms with E-state index in [1.807, 2.05) is 4.90 Å². The lowest BCUT2D eigenvalue weighted by molar-refractivity contribution is -0.123. The summed E-state index contributed by atoms with van der Waals surface area (Å²) in [7, 11) is 0. The van der Waals surface area contributed by atoms with E-state index in [9.17, 15) is 4.79 Å². The summed E-state index contributed by atoms with van der Waals surface area (Å²) < 4.78 is 0. The van der Waals surface area contributed by atoms with Gasteiger partial charge >= 0.3 is 0 Å². The summed E-state index contributed by atoms with van der Waals surface area (Å²) in [5.41, 5.74) is 1.20. The molecular formula is C10H13NOS. The molecule has 0 aliphatic carbocycles. The van der Waals surface area contributed by atoms with Crippen LogP contribution in [0.15, 0.2) is 11.4 Å². The van der Waals surface area contributed by atoms with Gasteiger partial charge in [-0.2, -0.15) is 0 Å². The van der Waals surface area contributed by atoms with E-state index in [-0.39, 0.29) is 5.54 Å². The van der Waals surface area contributed by atoms with Gasteiger partial charge in [0.15, 0.2) is 0 Å². The van der Waals surface area contributed by atoms with Crippen LogP contribution in [-0.4, -0.2) is 17.9 Å². The van der Waals surface area contributed by atoms with Crippen molar-refractivity contribution in [1.82, 2.24) is 4.90 Å². The summed E-state index contributed by atoms with van der Waals surface area (Å²) in [6.07, 6.45) is 1.97. The van der Waals surface area contributed by atoms with Gasteiger partial charge in [0.25, 0.3) is 0 Å². The number of fused-ring (bicyclic) bond motifs is 1. The number of hydrogen-bond donors (Lipinski definition) is 0. The van der Waals surface area contributed by atoms with Gasteiger partial charge in [-0.1, -0.05) is 0 Å². The first-order valence-electron chi connectivity index (χ1n) is 4.45. The molecule has 0 saturated heterocycles. The third kappa shape index (κ3) is 1.18. The van der Waals surface area contributed by atoms with E-state index in [0.29, 0.717) is 0 Å². The molecule has 2 heterocycles. The fraction of sp³-hybridized carbons (Fsp3) is 0.500. The van der Waals surface area contributed by atoms with Crippen LogP contribution in [-0.2, 0) is 16.8 Å². The van der Waals surface area contributed by atoms with Crippen LogP contribution < -0.4 is 0 Å². The Morgan fingerprint density at radius 2 is 2.38 bits per heavy atom. The second-order valence-corrected chi connectivity index (χ2v) is 4.87. The first-order chi connectivity index (χ1) is 6.16. The molecule has 0 bridgehead atoms. The van der Waals surface area contributed by atoms with Crippen LogP contribution in [0.2, 0.25) is 0 Å². The molecule has 13 heavy (non-hydrogen) atoms. The highest BCUT2D eigenvalue weighted by molar-refractivity contribution is 7.10. The number of hydrogen-bond acceptors (Lipinski definition) is 2. The average Bonchev–Trinajstić information content (AvgIpc) is 2.53. The minimum atomic E-state index is -0.116. The minimum Gasteiger partial charge on any atom is -0.336 e. The molecular weight excluding hydrogens is 182 g/mol. The molecule has 1 aliphatic heterocycles. The number of amides is 1. The standard InChI is InChI=1S/C10H13NOS/c1-10(2)8-4-6-13-9(8)3-5-11(10)7-12/h4,6-7H,3,5H2,1-2H3. The molecule has 0 spiro atoms. The summed E-state index contributed by atoms with van der Waals surface area (Å²) in [5, 5.41) is 2.11. The molecule has 0 aromatic carbocycles. The minimum absolute atomic E-state index is 0.116. The predicted octanol–water partition coefficient (Wildman–Crippen LogP) is 2.00. The normalized spacial score (nSPS) is 19.7. The van der Waals surface area contributed by atoms with Gasteiger partial charge in [0.2, 0.25) is 6.41 Å². The zero-order valence-corrected chi connectivity index (χ0v) is 8.73. The molecule has 2 nitrogen and oxygen atoms in total. The zero-order valence-electron chi connectivity index (χ0n) is 7.91. The van der Waals surface area contributed by atoms with Crippen LogP contribution in [0.5, 0.6) is 0 Å². The van der Waals surface area contributed by atoms with Crippen LogP contribution >= 0.6 is 11.3 Å². The number of nitrogens with zero attached hydrogens (tertiary/aromatic N) is 1. The molecule has 2 rings (SSSR count). The van der Waals surface area contributed by atoms with Crippen molar-refractivity contribution < 1.29 is 4.79 Å². The van der Waals surface area contributed by atoms with Gasteiger partial charge in [0.1, 0.15) is 0 Å². The van der Waals surface area contributed by atoms with Gasteiger partial charge in [-0.25, -0.2) is 0 Å². The Kier molecular flexibility index (Phi) is 1.91. The van der Waals surface area contributed by atoms with E-state index in [2.05, 4.69) is 25.3 Å². The molecule has 70 valence electrons. The van der Waals surface area contributed by atoms with Crippen molar-refractivity contribution in [1.29, 1.82) is 0 Å². The van der Waals surface area contributed by atoms with Crippen molar-refractivity contribution in [2.24, 2.45) is 0 Å². The summed E-state index contributed by atoms with van der Waals surface area (Å²) in [5.74, 6) is 0. The van der Waals surface area contributed by atoms with Crippen molar-refractivity contribution >= 4 is 17.7 Å². The molecule has 1 aliphatic rings. The van der Waals surface area contributed by atoms with Crippen LogP contribution in [0, 0.1) is 0 Å². The van der Waals surface area contributed by atoms with Gasteiger partial charge in [0, 0.05) is 11.4 Å². The average molecular weight is 195 g/mol. The second kappa shape index (κ2) is 2.84. The number of rotatable bonds is 1. The van der Waals surface area contributed by atoms with Crippen LogP contribution in [0.3, 0.4) is 0 Å². The van der Waals surface area contributed by atoms with E-state index in [4.69, 9.17) is 0 Å². The van der Waals surface area contributed by atoms with E-state index in [1.54, 1.807) is 11.3 Å². The zero-order chi connectivity index (χ0) is 9.47. The third-order valence-corrected chi connectivity index (χ3v) is 3.81. The molecule has 0 atom stereocenters. The molecule has 3 heteroatoms. The van der Waals surface area contributed by atoms with Crippen molar-refractivity contribution in [3.8, 4) is 0 Å². The fourth-order valence-electron chi connectivity index (χ4n) is 1.92. The van der Waals surface area contributed by atoms with Crippen molar-refractivity contribution in [2.45, 2.75) is 25.8 Å². The van der Waals surface area contributed by atoms with Gasteiger partial charge in [-0.15, -0.1) is 11.3 Å². The number of thiophene rings is 1. The maximum atomic E-state index is 10.8. The first-order valence-corrected chi connectivity index (χ1v) is 5.33. The molecule has 0 saturated carbocycles. The van der Waals surface area contributed by atoms with E-state index in [0.717, 1.165) is 19.4 Å².